The Labute approximate surface area is 166 Å². The highest BCUT2D eigenvalue weighted by Crippen LogP contribution is 2.11. The molecule has 0 saturated heterocycles. The van der Waals surface area contributed by atoms with Crippen LogP contribution in [-0.4, -0.2) is 25.5 Å². The lowest BCUT2D eigenvalue weighted by molar-refractivity contribution is 0.440. The molecule has 0 amide bonds. The van der Waals surface area contributed by atoms with Gasteiger partial charge < -0.3 is 4.90 Å². The van der Waals surface area contributed by atoms with Crippen LogP contribution in [0.25, 0.3) is 0 Å². The largest absolute Gasteiger partial charge is 0.305 e. The second kappa shape index (κ2) is 11.4. The summed E-state index contributed by atoms with van der Waals surface area (Å²) in [5, 5.41) is 0. The molecule has 2 rings (SSSR count). The van der Waals surface area contributed by atoms with Crippen molar-refractivity contribution in [1.29, 1.82) is 0 Å². The minimum absolute atomic E-state index is 0.959. The Morgan fingerprint density at radius 1 is 0.815 bits per heavy atom. The Morgan fingerprint density at radius 2 is 1.33 bits per heavy atom. The highest BCUT2D eigenvalue weighted by molar-refractivity contribution is 5.44. The molecule has 0 fully saturated rings. The quantitative estimate of drug-likeness (QED) is 0.307. The number of rotatable bonds is 9. The predicted octanol–water partition coefficient (Wildman–Crippen LogP) is 5.87. The number of hydrogen-bond donors (Lipinski definition) is 0. The fraction of sp³-hybridized carbons (Fsp3) is 0.385. The molecule has 0 unspecified atom stereocenters. The molecular formula is C26H33N. The standard InChI is InChI=1S/C26H33N/c1-5-6-7-8-23-11-13-25(14-12-23)19-20-26-17-15-24(16-18-26)10-9-22(2)21-27(3)4/h11-18H,2,5-10,21H2,1,3-4H3. The highest BCUT2D eigenvalue weighted by atomic mass is 15.0. The third kappa shape index (κ3) is 8.29. The number of hydrogen-bond acceptors (Lipinski definition) is 1. The molecular weight excluding hydrogens is 326 g/mol. The van der Waals surface area contributed by atoms with Crippen LogP contribution in [0.15, 0.2) is 60.7 Å². The normalized spacial score (nSPS) is 10.5. The summed E-state index contributed by atoms with van der Waals surface area (Å²) in [5.41, 5.74) is 6.18. The minimum Gasteiger partial charge on any atom is -0.305 e. The van der Waals surface area contributed by atoms with Crippen molar-refractivity contribution in [2.75, 3.05) is 20.6 Å². The predicted molar refractivity (Wildman–Crippen MR) is 118 cm³/mol. The molecule has 0 N–H and O–H groups in total. The van der Waals surface area contributed by atoms with Gasteiger partial charge in [-0.25, -0.2) is 0 Å². The number of aryl methyl sites for hydroxylation is 2. The Bertz CT molecular complexity index is 755. The van der Waals surface area contributed by atoms with Crippen molar-refractivity contribution in [2.24, 2.45) is 0 Å². The van der Waals surface area contributed by atoms with Crippen LogP contribution < -0.4 is 0 Å². The van der Waals surface area contributed by atoms with Gasteiger partial charge in [0.2, 0.25) is 0 Å². The summed E-state index contributed by atoms with van der Waals surface area (Å²) in [6.07, 6.45) is 7.10. The summed E-state index contributed by atoms with van der Waals surface area (Å²) in [7, 11) is 4.16. The van der Waals surface area contributed by atoms with Crippen molar-refractivity contribution in [2.45, 2.75) is 45.4 Å². The maximum absolute atomic E-state index is 4.15. The molecule has 0 aliphatic rings. The first-order valence-electron chi connectivity index (χ1n) is 10.1. The average Bonchev–Trinajstić information content (AvgIpc) is 2.66. The summed E-state index contributed by atoms with van der Waals surface area (Å²) in [6, 6.07) is 17.3. The zero-order valence-corrected chi connectivity index (χ0v) is 17.2. The van der Waals surface area contributed by atoms with Crippen molar-refractivity contribution in [3.8, 4) is 11.8 Å². The number of unbranched alkanes of at least 4 members (excludes halogenated alkanes) is 2. The molecule has 1 heteroatoms. The SMILES string of the molecule is C=C(CCc1ccc(C#Cc2ccc(CCCCC)cc2)cc1)CN(C)C. The average molecular weight is 360 g/mol. The summed E-state index contributed by atoms with van der Waals surface area (Å²) < 4.78 is 0. The number of likely N-dealkylation sites (N-methyl/N-ethyl adjacent to an activating group) is 1. The van der Waals surface area contributed by atoms with E-state index in [1.165, 1.54) is 42.4 Å². The van der Waals surface area contributed by atoms with Gasteiger partial charge in [0, 0.05) is 17.7 Å². The van der Waals surface area contributed by atoms with Gasteiger partial charge in [-0.3, -0.25) is 0 Å². The van der Waals surface area contributed by atoms with E-state index in [0.29, 0.717) is 0 Å². The molecule has 0 aliphatic heterocycles. The molecule has 2 aromatic carbocycles. The lowest BCUT2D eigenvalue weighted by atomic mass is 10.0. The van der Waals surface area contributed by atoms with Crippen LogP contribution in [0.5, 0.6) is 0 Å². The molecule has 0 heterocycles. The Kier molecular flexibility index (Phi) is 8.89. The van der Waals surface area contributed by atoms with Gasteiger partial charge in [-0.15, -0.1) is 0 Å². The van der Waals surface area contributed by atoms with Gasteiger partial charge in [0.25, 0.3) is 0 Å². The van der Waals surface area contributed by atoms with Crippen molar-refractivity contribution < 1.29 is 0 Å². The van der Waals surface area contributed by atoms with Gasteiger partial charge in [0.05, 0.1) is 0 Å². The van der Waals surface area contributed by atoms with E-state index in [9.17, 15) is 0 Å². The lowest BCUT2D eigenvalue weighted by Crippen LogP contribution is -2.14. The van der Waals surface area contributed by atoms with Gasteiger partial charge in [0.1, 0.15) is 0 Å². The molecule has 142 valence electrons. The zero-order chi connectivity index (χ0) is 19.5. The third-order valence-corrected chi connectivity index (χ3v) is 4.64. The van der Waals surface area contributed by atoms with Crippen LogP contribution >= 0.6 is 0 Å². The Morgan fingerprint density at radius 3 is 1.81 bits per heavy atom. The van der Waals surface area contributed by atoms with Crippen LogP contribution in [0, 0.1) is 11.8 Å². The molecule has 0 saturated carbocycles. The van der Waals surface area contributed by atoms with Gasteiger partial charge in [-0.1, -0.05) is 68.0 Å². The van der Waals surface area contributed by atoms with E-state index in [2.05, 4.69) is 92.9 Å². The van der Waals surface area contributed by atoms with Crippen LogP contribution in [0.3, 0.4) is 0 Å². The number of benzene rings is 2. The zero-order valence-electron chi connectivity index (χ0n) is 17.2. The Balaban J connectivity index is 1.86. The minimum atomic E-state index is 0.959. The van der Waals surface area contributed by atoms with Crippen molar-refractivity contribution in [1.82, 2.24) is 4.90 Å². The fourth-order valence-corrected chi connectivity index (χ4v) is 3.08. The maximum Gasteiger partial charge on any atom is 0.0249 e. The van der Waals surface area contributed by atoms with E-state index in [1.54, 1.807) is 0 Å². The van der Waals surface area contributed by atoms with Crippen molar-refractivity contribution in [3.63, 3.8) is 0 Å². The third-order valence-electron chi connectivity index (χ3n) is 4.64. The number of nitrogens with zero attached hydrogens (tertiary/aromatic N) is 1. The molecule has 0 spiro atoms. The first kappa shape index (κ1) is 21.0. The van der Waals surface area contributed by atoms with Crippen molar-refractivity contribution in [3.05, 3.63) is 82.9 Å². The summed E-state index contributed by atoms with van der Waals surface area (Å²) in [6.45, 7) is 7.36. The first-order chi connectivity index (χ1) is 13.1. The molecule has 0 aromatic heterocycles. The summed E-state index contributed by atoms with van der Waals surface area (Å²) >= 11 is 0. The second-order valence-corrected chi connectivity index (χ2v) is 7.59. The van der Waals surface area contributed by atoms with E-state index >= 15 is 0 Å². The van der Waals surface area contributed by atoms with Gasteiger partial charge in [-0.05, 0) is 75.2 Å². The van der Waals surface area contributed by atoms with E-state index in [0.717, 1.165) is 30.5 Å². The molecule has 27 heavy (non-hydrogen) atoms. The molecule has 0 radical (unpaired) electrons. The van der Waals surface area contributed by atoms with Crippen molar-refractivity contribution >= 4 is 0 Å². The van der Waals surface area contributed by atoms with Gasteiger partial charge in [0.15, 0.2) is 0 Å². The maximum atomic E-state index is 4.15. The van der Waals surface area contributed by atoms with Crippen LogP contribution in [0.2, 0.25) is 0 Å². The summed E-state index contributed by atoms with van der Waals surface area (Å²) in [4.78, 5) is 2.17. The van der Waals surface area contributed by atoms with Gasteiger partial charge in [-0.2, -0.15) is 0 Å². The molecule has 2 aromatic rings. The van der Waals surface area contributed by atoms with E-state index in [-0.39, 0.29) is 0 Å². The summed E-state index contributed by atoms with van der Waals surface area (Å²) in [5.74, 6) is 6.55. The highest BCUT2D eigenvalue weighted by Gasteiger charge is 1.99. The molecule has 1 nitrogen and oxygen atoms in total. The first-order valence-corrected chi connectivity index (χ1v) is 10.1. The van der Waals surface area contributed by atoms with Crippen LogP contribution in [0.1, 0.15) is 54.9 Å². The monoisotopic (exact) mass is 359 g/mol. The van der Waals surface area contributed by atoms with Crippen LogP contribution in [-0.2, 0) is 12.8 Å². The van der Waals surface area contributed by atoms with E-state index < -0.39 is 0 Å². The van der Waals surface area contributed by atoms with Crippen LogP contribution in [0.4, 0.5) is 0 Å². The molecule has 0 bridgehead atoms. The van der Waals surface area contributed by atoms with E-state index in [4.69, 9.17) is 0 Å². The van der Waals surface area contributed by atoms with Gasteiger partial charge >= 0.3 is 0 Å². The topological polar surface area (TPSA) is 3.24 Å². The molecule has 0 aliphatic carbocycles. The Hall–Kier alpha value is -2.30. The molecule has 0 atom stereocenters. The smallest absolute Gasteiger partial charge is 0.0249 e. The lowest BCUT2D eigenvalue weighted by Gasteiger charge is -2.11. The fourth-order valence-electron chi connectivity index (χ4n) is 3.08. The second-order valence-electron chi connectivity index (χ2n) is 7.59. The van der Waals surface area contributed by atoms with E-state index in [1.807, 2.05) is 0 Å².